The van der Waals surface area contributed by atoms with Crippen molar-refractivity contribution < 1.29 is 9.13 Å². The number of hydrogen-bond donors (Lipinski definition) is 0. The van der Waals surface area contributed by atoms with Crippen molar-refractivity contribution >= 4 is 23.2 Å². The lowest BCUT2D eigenvalue weighted by Crippen LogP contribution is -2.29. The summed E-state index contributed by atoms with van der Waals surface area (Å²) in [5.74, 6) is 0.292. The fourth-order valence-electron chi connectivity index (χ4n) is 2.98. The van der Waals surface area contributed by atoms with E-state index in [-0.39, 0.29) is 29.3 Å². The molecule has 0 spiro atoms. The minimum absolute atomic E-state index is 0.0954. The smallest absolute Gasteiger partial charge is 0.127 e. The van der Waals surface area contributed by atoms with Crippen LogP contribution in [0.2, 0.25) is 5.02 Å². The molecule has 0 bridgehead atoms. The van der Waals surface area contributed by atoms with E-state index >= 15 is 0 Å². The average molecular weight is 305 g/mol. The van der Waals surface area contributed by atoms with E-state index < -0.39 is 0 Å². The Balaban J connectivity index is 2.15. The Morgan fingerprint density at radius 3 is 2.47 bits per heavy atom. The van der Waals surface area contributed by atoms with Crippen molar-refractivity contribution in [2.45, 2.75) is 44.8 Å². The molecule has 0 radical (unpaired) electrons. The van der Waals surface area contributed by atoms with Gasteiger partial charge in [-0.05, 0) is 38.3 Å². The van der Waals surface area contributed by atoms with Gasteiger partial charge >= 0.3 is 0 Å². The van der Waals surface area contributed by atoms with E-state index in [0.717, 1.165) is 0 Å². The van der Waals surface area contributed by atoms with E-state index in [9.17, 15) is 4.39 Å². The van der Waals surface area contributed by atoms with Crippen LogP contribution in [-0.2, 0) is 11.2 Å². The quantitative estimate of drug-likeness (QED) is 0.736. The molecule has 2 rings (SSSR count). The molecule has 5 atom stereocenters. The normalized spacial score (nSPS) is 32.5. The summed E-state index contributed by atoms with van der Waals surface area (Å²) >= 11 is 12.6. The first-order valence-electron chi connectivity index (χ1n) is 6.64. The molecule has 1 aliphatic rings. The minimum atomic E-state index is -0.287. The van der Waals surface area contributed by atoms with Crippen molar-refractivity contribution in [3.05, 3.63) is 34.6 Å². The van der Waals surface area contributed by atoms with Crippen molar-refractivity contribution in [1.29, 1.82) is 0 Å². The fraction of sp³-hybridized carbons (Fsp3) is 0.600. The maximum atomic E-state index is 13.8. The molecule has 1 aliphatic heterocycles. The lowest BCUT2D eigenvalue weighted by molar-refractivity contribution is 0.0508. The molecule has 1 heterocycles. The number of halogens is 3. The molecule has 106 valence electrons. The SMILES string of the molecule is CC1OC(C)C(C(Cl)Cc2c(F)cccc2Cl)C1C. The molecule has 5 unspecified atom stereocenters. The molecule has 19 heavy (non-hydrogen) atoms. The van der Waals surface area contributed by atoms with Crippen molar-refractivity contribution in [1.82, 2.24) is 0 Å². The van der Waals surface area contributed by atoms with Crippen molar-refractivity contribution in [2.75, 3.05) is 0 Å². The van der Waals surface area contributed by atoms with Gasteiger partial charge < -0.3 is 4.74 Å². The zero-order chi connectivity index (χ0) is 14.2. The Morgan fingerprint density at radius 1 is 1.26 bits per heavy atom. The van der Waals surface area contributed by atoms with Gasteiger partial charge in [-0.2, -0.15) is 0 Å². The second-order valence-corrected chi connectivity index (χ2v) is 6.37. The molecule has 1 fully saturated rings. The molecule has 1 saturated heterocycles. The number of rotatable bonds is 3. The third-order valence-corrected chi connectivity index (χ3v) is 5.00. The third-order valence-electron chi connectivity index (χ3n) is 4.20. The second kappa shape index (κ2) is 5.99. The Kier molecular flexibility index (Phi) is 4.75. The van der Waals surface area contributed by atoms with Crippen LogP contribution < -0.4 is 0 Å². The predicted molar refractivity (Wildman–Crippen MR) is 77.4 cm³/mol. The Hall–Kier alpha value is -0.310. The summed E-state index contributed by atoms with van der Waals surface area (Å²) in [7, 11) is 0. The average Bonchev–Trinajstić information content (AvgIpc) is 2.58. The van der Waals surface area contributed by atoms with Gasteiger partial charge in [0.05, 0.1) is 12.2 Å². The lowest BCUT2D eigenvalue weighted by atomic mass is 9.84. The lowest BCUT2D eigenvalue weighted by Gasteiger charge is -2.24. The van der Waals surface area contributed by atoms with Crippen molar-refractivity contribution in [2.24, 2.45) is 11.8 Å². The second-order valence-electron chi connectivity index (χ2n) is 5.40. The van der Waals surface area contributed by atoms with Gasteiger partial charge in [0.2, 0.25) is 0 Å². The van der Waals surface area contributed by atoms with E-state index in [4.69, 9.17) is 27.9 Å². The molecule has 0 aromatic heterocycles. The first-order valence-corrected chi connectivity index (χ1v) is 7.45. The number of hydrogen-bond acceptors (Lipinski definition) is 1. The monoisotopic (exact) mass is 304 g/mol. The molecule has 0 aliphatic carbocycles. The standard InChI is InChI=1S/C15H19Cl2FO/c1-8-9(2)19-10(3)15(8)13(17)7-11-12(16)5-4-6-14(11)18/h4-6,8-10,13,15H,7H2,1-3H3. The number of alkyl halides is 1. The van der Waals surface area contributed by atoms with E-state index in [1.165, 1.54) is 6.07 Å². The Morgan fingerprint density at radius 2 is 1.95 bits per heavy atom. The van der Waals surface area contributed by atoms with Crippen LogP contribution in [0.15, 0.2) is 18.2 Å². The Labute approximate surface area is 124 Å². The molecule has 1 aromatic carbocycles. The van der Waals surface area contributed by atoms with Crippen molar-refractivity contribution in [3.63, 3.8) is 0 Å². The van der Waals surface area contributed by atoms with Crippen LogP contribution in [0.1, 0.15) is 26.3 Å². The summed E-state index contributed by atoms with van der Waals surface area (Å²) < 4.78 is 19.6. The van der Waals surface area contributed by atoms with Gasteiger partial charge in [-0.25, -0.2) is 4.39 Å². The molecular formula is C15H19Cl2FO. The van der Waals surface area contributed by atoms with Gasteiger partial charge in [0.25, 0.3) is 0 Å². The van der Waals surface area contributed by atoms with Gasteiger partial charge in [0, 0.05) is 21.9 Å². The maximum absolute atomic E-state index is 13.8. The highest BCUT2D eigenvalue weighted by atomic mass is 35.5. The summed E-state index contributed by atoms with van der Waals surface area (Å²) in [6.45, 7) is 6.22. The van der Waals surface area contributed by atoms with E-state index in [1.54, 1.807) is 12.1 Å². The van der Waals surface area contributed by atoms with Gasteiger partial charge in [-0.3, -0.25) is 0 Å². The van der Waals surface area contributed by atoms with Crippen LogP contribution in [0.4, 0.5) is 4.39 Å². The van der Waals surface area contributed by atoms with Gasteiger partial charge in [-0.15, -0.1) is 11.6 Å². The summed E-state index contributed by atoms with van der Waals surface area (Å²) in [6.07, 6.45) is 0.720. The van der Waals surface area contributed by atoms with Gasteiger partial charge in [0.15, 0.2) is 0 Å². The zero-order valence-corrected chi connectivity index (χ0v) is 12.9. The number of ether oxygens (including phenoxy) is 1. The van der Waals surface area contributed by atoms with Crippen molar-refractivity contribution in [3.8, 4) is 0 Å². The first-order chi connectivity index (χ1) is 8.91. The first kappa shape index (κ1) is 15.1. The summed E-state index contributed by atoms with van der Waals surface area (Å²) in [4.78, 5) is 0. The zero-order valence-electron chi connectivity index (χ0n) is 11.4. The molecule has 1 nitrogen and oxygen atoms in total. The topological polar surface area (TPSA) is 9.23 Å². The summed E-state index contributed by atoms with van der Waals surface area (Å²) in [5, 5.41) is 0.266. The summed E-state index contributed by atoms with van der Waals surface area (Å²) in [5.41, 5.74) is 0.503. The molecule has 0 amide bonds. The highest BCUT2D eigenvalue weighted by molar-refractivity contribution is 6.31. The Bertz CT molecular complexity index is 432. The fourth-order valence-corrected chi connectivity index (χ4v) is 3.80. The van der Waals surface area contributed by atoms with Crippen LogP contribution in [-0.4, -0.2) is 17.6 Å². The van der Waals surface area contributed by atoms with E-state index in [0.29, 0.717) is 22.9 Å². The van der Waals surface area contributed by atoms with Crippen LogP contribution in [0.25, 0.3) is 0 Å². The van der Waals surface area contributed by atoms with Gasteiger partial charge in [0.1, 0.15) is 5.82 Å². The largest absolute Gasteiger partial charge is 0.375 e. The van der Waals surface area contributed by atoms with Crippen LogP contribution in [0, 0.1) is 17.7 Å². The maximum Gasteiger partial charge on any atom is 0.127 e. The van der Waals surface area contributed by atoms with Crippen LogP contribution in [0.5, 0.6) is 0 Å². The highest BCUT2D eigenvalue weighted by Crippen LogP contribution is 2.38. The van der Waals surface area contributed by atoms with Gasteiger partial charge in [-0.1, -0.05) is 24.6 Å². The summed E-state index contributed by atoms with van der Waals surface area (Å²) in [6, 6.07) is 4.73. The van der Waals surface area contributed by atoms with Crippen LogP contribution >= 0.6 is 23.2 Å². The molecule has 1 aromatic rings. The molecule has 0 saturated carbocycles. The third kappa shape index (κ3) is 3.07. The van der Waals surface area contributed by atoms with E-state index in [1.807, 2.05) is 6.92 Å². The van der Waals surface area contributed by atoms with E-state index in [2.05, 4.69) is 13.8 Å². The predicted octanol–water partition coefficient (Wildman–Crippen LogP) is 4.69. The molecule has 0 N–H and O–H groups in total. The molecule has 4 heteroatoms. The minimum Gasteiger partial charge on any atom is -0.375 e. The van der Waals surface area contributed by atoms with Crippen LogP contribution in [0.3, 0.4) is 0 Å². The highest BCUT2D eigenvalue weighted by Gasteiger charge is 2.41. The molecular weight excluding hydrogens is 286 g/mol. The number of benzene rings is 1.